The monoisotopic (exact) mass is 280 g/mol. The van der Waals surface area contributed by atoms with Crippen LogP contribution in [0.5, 0.6) is 0 Å². The van der Waals surface area contributed by atoms with Crippen molar-refractivity contribution in [2.24, 2.45) is 0 Å². The molecule has 4 heteroatoms. The average Bonchev–Trinajstić information content (AvgIpc) is 3.00. The standard InChI is InChI=1S/C15H24N2OS/c1-14(2,13-16-8-10-19-13)17-12-5-9-18-15(11-12)6-3-4-7-15/h8,10,12,17H,3-7,9,11H2,1-2H3. The summed E-state index contributed by atoms with van der Waals surface area (Å²) < 4.78 is 6.11. The third-order valence-electron chi connectivity index (χ3n) is 4.54. The summed E-state index contributed by atoms with van der Waals surface area (Å²) in [6.07, 6.45) is 9.36. The van der Waals surface area contributed by atoms with Gasteiger partial charge in [0, 0.05) is 24.2 Å². The Morgan fingerprint density at radius 2 is 2.21 bits per heavy atom. The van der Waals surface area contributed by atoms with E-state index >= 15 is 0 Å². The highest BCUT2D eigenvalue weighted by atomic mass is 32.1. The van der Waals surface area contributed by atoms with Crippen molar-refractivity contribution in [3.8, 4) is 0 Å². The van der Waals surface area contributed by atoms with Gasteiger partial charge in [0.15, 0.2) is 0 Å². The van der Waals surface area contributed by atoms with E-state index < -0.39 is 0 Å². The van der Waals surface area contributed by atoms with Crippen LogP contribution in [0, 0.1) is 0 Å². The maximum Gasteiger partial charge on any atom is 0.112 e. The largest absolute Gasteiger partial charge is 0.375 e. The summed E-state index contributed by atoms with van der Waals surface area (Å²) in [6.45, 7) is 5.39. The molecule has 3 rings (SSSR count). The molecule has 2 fully saturated rings. The van der Waals surface area contributed by atoms with Crippen LogP contribution >= 0.6 is 11.3 Å². The topological polar surface area (TPSA) is 34.1 Å². The third kappa shape index (κ3) is 2.86. The molecule has 1 aliphatic heterocycles. The van der Waals surface area contributed by atoms with Crippen LogP contribution in [-0.4, -0.2) is 23.2 Å². The van der Waals surface area contributed by atoms with Crippen molar-refractivity contribution in [1.29, 1.82) is 0 Å². The van der Waals surface area contributed by atoms with E-state index in [1.165, 1.54) is 37.1 Å². The molecule has 0 amide bonds. The van der Waals surface area contributed by atoms with E-state index in [1.54, 1.807) is 11.3 Å². The molecule has 0 aromatic carbocycles. The van der Waals surface area contributed by atoms with Gasteiger partial charge in [0.25, 0.3) is 0 Å². The molecule has 1 aliphatic carbocycles. The lowest BCUT2D eigenvalue weighted by Crippen LogP contribution is -2.51. The third-order valence-corrected chi connectivity index (χ3v) is 5.64. The van der Waals surface area contributed by atoms with Crippen molar-refractivity contribution in [2.45, 2.75) is 69.6 Å². The van der Waals surface area contributed by atoms with Crippen molar-refractivity contribution < 1.29 is 4.74 Å². The molecule has 3 nitrogen and oxygen atoms in total. The molecule has 2 aliphatic rings. The Kier molecular flexibility index (Phi) is 3.67. The van der Waals surface area contributed by atoms with E-state index in [4.69, 9.17) is 4.74 Å². The van der Waals surface area contributed by atoms with E-state index in [-0.39, 0.29) is 11.1 Å². The zero-order valence-corrected chi connectivity index (χ0v) is 12.8. The van der Waals surface area contributed by atoms with Crippen molar-refractivity contribution in [2.75, 3.05) is 6.61 Å². The molecule has 1 aromatic heterocycles. The molecular formula is C15H24N2OS. The zero-order chi connectivity index (χ0) is 13.3. The highest BCUT2D eigenvalue weighted by Crippen LogP contribution is 2.40. The number of hydrogen-bond donors (Lipinski definition) is 1. The molecule has 0 radical (unpaired) electrons. The predicted octanol–water partition coefficient (Wildman–Crippen LogP) is 3.46. The molecule has 1 aromatic rings. The van der Waals surface area contributed by atoms with Gasteiger partial charge in [-0.2, -0.15) is 0 Å². The van der Waals surface area contributed by atoms with Gasteiger partial charge >= 0.3 is 0 Å². The minimum absolute atomic E-state index is 0.0318. The first-order valence-corrected chi connectivity index (χ1v) is 8.29. The van der Waals surface area contributed by atoms with Crippen LogP contribution in [0.2, 0.25) is 0 Å². The van der Waals surface area contributed by atoms with Gasteiger partial charge in [-0.15, -0.1) is 11.3 Å². The first-order valence-electron chi connectivity index (χ1n) is 7.41. The fourth-order valence-corrected chi connectivity index (χ4v) is 4.35. The summed E-state index contributed by atoms with van der Waals surface area (Å²) >= 11 is 1.74. The van der Waals surface area contributed by atoms with Gasteiger partial charge < -0.3 is 10.1 Å². The quantitative estimate of drug-likeness (QED) is 0.920. The number of nitrogens with one attached hydrogen (secondary N) is 1. The fourth-order valence-electron chi connectivity index (χ4n) is 3.62. The number of ether oxygens (including phenoxy) is 1. The molecule has 19 heavy (non-hydrogen) atoms. The molecule has 1 N–H and O–H groups in total. The van der Waals surface area contributed by atoms with Gasteiger partial charge in [-0.05, 0) is 39.5 Å². The summed E-state index contributed by atoms with van der Waals surface area (Å²) in [5.41, 5.74) is 0.158. The van der Waals surface area contributed by atoms with E-state index in [9.17, 15) is 0 Å². The summed E-state index contributed by atoms with van der Waals surface area (Å²) in [7, 11) is 0. The van der Waals surface area contributed by atoms with Crippen LogP contribution in [-0.2, 0) is 10.3 Å². The van der Waals surface area contributed by atoms with E-state index in [0.717, 1.165) is 13.0 Å². The van der Waals surface area contributed by atoms with Crippen LogP contribution in [0.25, 0.3) is 0 Å². The van der Waals surface area contributed by atoms with Gasteiger partial charge in [-0.3, -0.25) is 0 Å². The Balaban J connectivity index is 1.66. The SMILES string of the molecule is CC(C)(NC1CCOC2(CCCC2)C1)c1nccs1. The summed E-state index contributed by atoms with van der Waals surface area (Å²) in [5.74, 6) is 0. The number of hydrogen-bond acceptors (Lipinski definition) is 4. The summed E-state index contributed by atoms with van der Waals surface area (Å²) in [6, 6.07) is 0.561. The van der Waals surface area contributed by atoms with Crippen LogP contribution in [0.3, 0.4) is 0 Å². The molecule has 106 valence electrons. The lowest BCUT2D eigenvalue weighted by Gasteiger charge is -2.41. The highest BCUT2D eigenvalue weighted by molar-refractivity contribution is 7.09. The van der Waals surface area contributed by atoms with Gasteiger partial charge in [0.2, 0.25) is 0 Å². The van der Waals surface area contributed by atoms with Gasteiger partial charge in [-0.25, -0.2) is 4.98 Å². The van der Waals surface area contributed by atoms with E-state index in [1.807, 2.05) is 6.20 Å². The second-order valence-corrected chi connectivity index (χ2v) is 7.43. The minimum atomic E-state index is -0.0318. The van der Waals surface area contributed by atoms with Crippen molar-refractivity contribution in [3.05, 3.63) is 16.6 Å². The number of thiazole rings is 1. The number of rotatable bonds is 3. The predicted molar refractivity (Wildman–Crippen MR) is 78.4 cm³/mol. The van der Waals surface area contributed by atoms with Crippen LogP contribution in [0.15, 0.2) is 11.6 Å². The molecule has 1 atom stereocenters. The Hall–Kier alpha value is -0.450. The van der Waals surface area contributed by atoms with E-state index in [2.05, 4.69) is 29.5 Å². The molecular weight excluding hydrogens is 256 g/mol. The van der Waals surface area contributed by atoms with E-state index in [0.29, 0.717) is 6.04 Å². The molecule has 1 saturated heterocycles. The Labute approximate surface area is 119 Å². The molecule has 0 bridgehead atoms. The number of nitrogens with zero attached hydrogens (tertiary/aromatic N) is 1. The van der Waals surface area contributed by atoms with Crippen molar-refractivity contribution in [3.63, 3.8) is 0 Å². The molecule has 2 heterocycles. The van der Waals surface area contributed by atoms with Crippen LogP contribution < -0.4 is 5.32 Å². The Bertz CT molecular complexity index is 410. The Morgan fingerprint density at radius 1 is 1.42 bits per heavy atom. The smallest absolute Gasteiger partial charge is 0.112 e. The molecule has 1 spiro atoms. The maximum absolute atomic E-state index is 6.11. The van der Waals surface area contributed by atoms with Gasteiger partial charge in [0.1, 0.15) is 5.01 Å². The number of aromatic nitrogens is 1. The summed E-state index contributed by atoms with van der Waals surface area (Å²) in [4.78, 5) is 4.47. The summed E-state index contributed by atoms with van der Waals surface area (Å²) in [5, 5.41) is 7.05. The van der Waals surface area contributed by atoms with Gasteiger partial charge in [-0.1, -0.05) is 12.8 Å². The lowest BCUT2D eigenvalue weighted by molar-refractivity contribution is -0.0864. The average molecular weight is 280 g/mol. The zero-order valence-electron chi connectivity index (χ0n) is 11.9. The highest BCUT2D eigenvalue weighted by Gasteiger charge is 2.41. The molecule has 1 unspecified atom stereocenters. The van der Waals surface area contributed by atoms with Crippen molar-refractivity contribution in [1.82, 2.24) is 10.3 Å². The molecule has 1 saturated carbocycles. The maximum atomic E-state index is 6.11. The second-order valence-electron chi connectivity index (χ2n) is 6.53. The van der Waals surface area contributed by atoms with Gasteiger partial charge in [0.05, 0.1) is 11.1 Å². The van der Waals surface area contributed by atoms with Crippen LogP contribution in [0.1, 0.15) is 57.4 Å². The first kappa shape index (κ1) is 13.5. The second kappa shape index (κ2) is 5.15. The van der Waals surface area contributed by atoms with Crippen LogP contribution in [0.4, 0.5) is 0 Å². The first-order chi connectivity index (χ1) is 9.10. The normalized spacial score (nSPS) is 26.9. The Morgan fingerprint density at radius 3 is 2.89 bits per heavy atom. The lowest BCUT2D eigenvalue weighted by atomic mass is 9.87. The van der Waals surface area contributed by atoms with Crippen molar-refractivity contribution >= 4 is 11.3 Å². The fraction of sp³-hybridized carbons (Fsp3) is 0.800. The minimum Gasteiger partial charge on any atom is -0.375 e.